The Balaban J connectivity index is 1.78. The number of hydrogen-bond donors (Lipinski definition) is 3. The second-order valence-electron chi connectivity index (χ2n) is 6.19. The number of pyridine rings is 1. The van der Waals surface area contributed by atoms with E-state index in [1.54, 1.807) is 18.5 Å². The molecular formula is C17H20N6O3. The second kappa shape index (κ2) is 7.84. The number of carbonyl (C=O) groups excluding carboxylic acids is 2. The smallest absolute Gasteiger partial charge is 0.322 e. The van der Waals surface area contributed by atoms with Gasteiger partial charge in [0.2, 0.25) is 0 Å². The molecule has 0 aromatic carbocycles. The van der Waals surface area contributed by atoms with Crippen LogP contribution in [0.15, 0.2) is 23.6 Å². The lowest BCUT2D eigenvalue weighted by Gasteiger charge is -2.23. The molecule has 9 heteroatoms. The van der Waals surface area contributed by atoms with Gasteiger partial charge in [0.05, 0.1) is 0 Å². The van der Waals surface area contributed by atoms with Crippen LogP contribution in [0.2, 0.25) is 0 Å². The maximum Gasteiger partial charge on any atom is 0.322 e. The number of oxime groups is 1. The van der Waals surface area contributed by atoms with E-state index in [1.807, 2.05) is 4.90 Å². The molecule has 2 saturated heterocycles. The fourth-order valence-corrected chi connectivity index (χ4v) is 2.87. The van der Waals surface area contributed by atoms with Crippen LogP contribution < -0.4 is 10.6 Å². The van der Waals surface area contributed by atoms with Crippen LogP contribution in [0.5, 0.6) is 0 Å². The molecule has 26 heavy (non-hydrogen) atoms. The van der Waals surface area contributed by atoms with Gasteiger partial charge in [0.15, 0.2) is 11.9 Å². The first-order valence-electron chi connectivity index (χ1n) is 8.30. The Kier molecular flexibility index (Phi) is 5.34. The molecule has 2 aliphatic rings. The number of nitrogens with zero attached hydrogens (tertiary/aromatic N) is 4. The summed E-state index contributed by atoms with van der Waals surface area (Å²) in [4.78, 5) is 31.0. The lowest BCUT2D eigenvalue weighted by atomic mass is 10.1. The fraction of sp³-hybridized carbons (Fsp3) is 0.412. The van der Waals surface area contributed by atoms with Gasteiger partial charge in [0.25, 0.3) is 5.91 Å². The van der Waals surface area contributed by atoms with E-state index < -0.39 is 18.0 Å². The Bertz CT molecular complexity index is 797. The highest BCUT2D eigenvalue weighted by molar-refractivity contribution is 6.06. The topological polar surface area (TPSA) is 110 Å². The molecule has 3 N–H and O–H groups in total. The summed E-state index contributed by atoms with van der Waals surface area (Å²) in [7, 11) is 2.06. The molecule has 9 nitrogen and oxygen atoms in total. The van der Waals surface area contributed by atoms with Gasteiger partial charge in [-0.1, -0.05) is 17.0 Å². The average molecular weight is 356 g/mol. The Morgan fingerprint density at radius 2 is 2.15 bits per heavy atom. The maximum absolute atomic E-state index is 11.5. The number of likely N-dealkylation sites (N-methyl/N-ethyl adjacent to an activating group) is 1. The summed E-state index contributed by atoms with van der Waals surface area (Å²) in [6.45, 7) is 3.41. The zero-order chi connectivity index (χ0) is 18.5. The van der Waals surface area contributed by atoms with Gasteiger partial charge in [-0.2, -0.15) is 0 Å². The van der Waals surface area contributed by atoms with E-state index in [2.05, 4.69) is 44.6 Å². The second-order valence-corrected chi connectivity index (χ2v) is 6.19. The lowest BCUT2D eigenvalue weighted by Crippen LogP contribution is -2.35. The van der Waals surface area contributed by atoms with Crippen molar-refractivity contribution in [3.63, 3.8) is 0 Å². The molecular weight excluding hydrogens is 336 g/mol. The van der Waals surface area contributed by atoms with Crippen molar-refractivity contribution < 1.29 is 14.8 Å². The van der Waals surface area contributed by atoms with E-state index >= 15 is 0 Å². The molecule has 3 heterocycles. The molecule has 0 unspecified atom stereocenters. The zero-order valence-corrected chi connectivity index (χ0v) is 14.4. The summed E-state index contributed by atoms with van der Waals surface area (Å²) < 4.78 is 0. The van der Waals surface area contributed by atoms with E-state index in [0.29, 0.717) is 17.0 Å². The first kappa shape index (κ1) is 17.7. The van der Waals surface area contributed by atoms with Gasteiger partial charge in [0.1, 0.15) is 0 Å². The Labute approximate surface area is 151 Å². The molecule has 3 rings (SSSR count). The van der Waals surface area contributed by atoms with Crippen LogP contribution in [0.4, 0.5) is 4.79 Å². The maximum atomic E-state index is 11.5. The van der Waals surface area contributed by atoms with Crippen molar-refractivity contribution in [1.29, 1.82) is 0 Å². The standard InChI is InChI=1S/C17H20N6O3/c1-22-5-2-6-23(8-7-22)15(21-26)13-9-12(10-18-11-13)3-4-14-16(24)20-17(25)19-14/h9-11,14,26H,2,5-8H2,1H3,(H2,19,20,24,25)/b21-15-/t14-/m0/s1. The van der Waals surface area contributed by atoms with E-state index in [-0.39, 0.29) is 0 Å². The molecule has 2 fully saturated rings. The molecule has 0 aliphatic carbocycles. The summed E-state index contributed by atoms with van der Waals surface area (Å²) >= 11 is 0. The van der Waals surface area contributed by atoms with Crippen molar-refractivity contribution in [3.05, 3.63) is 29.6 Å². The lowest BCUT2D eigenvalue weighted by molar-refractivity contribution is -0.119. The van der Waals surface area contributed by atoms with Gasteiger partial charge in [-0.05, 0) is 26.1 Å². The number of imide groups is 1. The van der Waals surface area contributed by atoms with E-state index in [1.165, 1.54) is 0 Å². The van der Waals surface area contributed by atoms with Crippen molar-refractivity contribution >= 4 is 17.8 Å². The monoisotopic (exact) mass is 356 g/mol. The van der Waals surface area contributed by atoms with Crippen molar-refractivity contribution in [2.45, 2.75) is 12.5 Å². The van der Waals surface area contributed by atoms with Crippen molar-refractivity contribution in [3.8, 4) is 11.8 Å². The van der Waals surface area contributed by atoms with Gasteiger partial charge in [-0.3, -0.25) is 15.1 Å². The van der Waals surface area contributed by atoms with Gasteiger partial charge >= 0.3 is 6.03 Å². The zero-order valence-electron chi connectivity index (χ0n) is 14.4. The van der Waals surface area contributed by atoms with Crippen LogP contribution in [0.1, 0.15) is 17.5 Å². The predicted molar refractivity (Wildman–Crippen MR) is 93.6 cm³/mol. The Morgan fingerprint density at radius 3 is 2.88 bits per heavy atom. The predicted octanol–water partition coefficient (Wildman–Crippen LogP) is -0.586. The van der Waals surface area contributed by atoms with Crippen molar-refractivity contribution in [1.82, 2.24) is 25.4 Å². The first-order chi connectivity index (χ1) is 12.6. The van der Waals surface area contributed by atoms with Crippen LogP contribution >= 0.6 is 0 Å². The highest BCUT2D eigenvalue weighted by Crippen LogP contribution is 2.10. The van der Waals surface area contributed by atoms with Crippen LogP contribution in [0.25, 0.3) is 0 Å². The molecule has 0 bridgehead atoms. The number of aromatic nitrogens is 1. The minimum absolute atomic E-state index is 0.448. The van der Waals surface area contributed by atoms with Crippen LogP contribution in [0, 0.1) is 11.8 Å². The first-order valence-corrected chi connectivity index (χ1v) is 8.30. The minimum atomic E-state index is -0.877. The number of amides is 3. The largest absolute Gasteiger partial charge is 0.409 e. The van der Waals surface area contributed by atoms with Crippen LogP contribution in [-0.4, -0.2) is 77.0 Å². The third-order valence-electron chi connectivity index (χ3n) is 4.25. The Hall–Kier alpha value is -3.12. The molecule has 0 radical (unpaired) electrons. The molecule has 2 aliphatic heterocycles. The summed E-state index contributed by atoms with van der Waals surface area (Å²) in [6, 6.07) is 0.318. The molecule has 1 aromatic heterocycles. The molecule has 0 spiro atoms. The molecule has 0 saturated carbocycles. The van der Waals surface area contributed by atoms with Crippen molar-refractivity contribution in [2.75, 3.05) is 33.2 Å². The third-order valence-corrected chi connectivity index (χ3v) is 4.25. The summed E-state index contributed by atoms with van der Waals surface area (Å²) in [6.07, 6.45) is 4.13. The normalized spacial score (nSPS) is 21.5. The van der Waals surface area contributed by atoms with E-state index in [0.717, 1.165) is 32.6 Å². The average Bonchev–Trinajstić information content (AvgIpc) is 2.80. The van der Waals surface area contributed by atoms with Crippen LogP contribution in [-0.2, 0) is 4.79 Å². The fourth-order valence-electron chi connectivity index (χ4n) is 2.87. The highest BCUT2D eigenvalue weighted by Gasteiger charge is 2.27. The summed E-state index contributed by atoms with van der Waals surface area (Å²) in [5.41, 5.74) is 1.20. The SMILES string of the molecule is CN1CCCN(/C(=N\O)c2cncc(C#C[C@@H]3NC(=O)NC3=O)c2)CC1. The van der Waals surface area contributed by atoms with E-state index in [4.69, 9.17) is 0 Å². The van der Waals surface area contributed by atoms with Gasteiger partial charge in [-0.25, -0.2) is 4.79 Å². The Morgan fingerprint density at radius 1 is 1.31 bits per heavy atom. The van der Waals surface area contributed by atoms with Crippen molar-refractivity contribution in [2.24, 2.45) is 5.16 Å². The van der Waals surface area contributed by atoms with Gasteiger partial charge < -0.3 is 20.3 Å². The molecule has 136 valence electrons. The van der Waals surface area contributed by atoms with Gasteiger partial charge in [-0.15, -0.1) is 0 Å². The number of rotatable bonds is 1. The minimum Gasteiger partial charge on any atom is -0.409 e. The highest BCUT2D eigenvalue weighted by atomic mass is 16.4. The number of carbonyl (C=O) groups is 2. The van der Waals surface area contributed by atoms with Gasteiger partial charge in [0, 0.05) is 43.2 Å². The van der Waals surface area contributed by atoms with E-state index in [9.17, 15) is 14.8 Å². The number of nitrogens with one attached hydrogen (secondary N) is 2. The number of hydrogen-bond acceptors (Lipinski definition) is 6. The summed E-state index contributed by atoms with van der Waals surface area (Å²) in [5.74, 6) is 5.50. The number of urea groups is 1. The quantitative estimate of drug-likeness (QED) is 0.155. The molecule has 3 amide bonds. The number of amidine groups is 1. The third kappa shape index (κ3) is 4.10. The molecule has 1 aromatic rings. The summed E-state index contributed by atoms with van der Waals surface area (Å²) in [5, 5.41) is 17.5. The molecule has 1 atom stereocenters. The van der Waals surface area contributed by atoms with Crippen LogP contribution in [0.3, 0.4) is 0 Å².